The summed E-state index contributed by atoms with van der Waals surface area (Å²) in [5.41, 5.74) is 3.33. The zero-order valence-corrected chi connectivity index (χ0v) is 15.8. The second kappa shape index (κ2) is 6.81. The number of hydrogen-bond acceptors (Lipinski definition) is 4. The maximum Gasteiger partial charge on any atom is 0.115 e. The fourth-order valence-corrected chi connectivity index (χ4v) is 6.44. The van der Waals surface area contributed by atoms with Gasteiger partial charge in [0.2, 0.25) is 0 Å². The number of morpholine rings is 1. The first kappa shape index (κ1) is 17.0. The molecule has 2 aliphatic heterocycles. The SMILES string of the molecule is Oc1ccc2c(c1)[C@]13CCCC[C@H]1[C@@H](C2)N(CCN1CCOCC1)CC3. The summed E-state index contributed by atoms with van der Waals surface area (Å²) >= 11 is 0. The number of ether oxygens (including phenoxy) is 1. The molecule has 2 bridgehead atoms. The van der Waals surface area contributed by atoms with E-state index in [1.54, 1.807) is 0 Å². The smallest absolute Gasteiger partial charge is 0.115 e. The zero-order chi connectivity index (χ0) is 17.6. The van der Waals surface area contributed by atoms with Gasteiger partial charge in [-0.25, -0.2) is 0 Å². The summed E-state index contributed by atoms with van der Waals surface area (Å²) in [4.78, 5) is 5.38. The molecule has 142 valence electrons. The molecule has 3 atom stereocenters. The Labute approximate surface area is 157 Å². The average Bonchev–Trinajstić information content (AvgIpc) is 2.69. The lowest BCUT2D eigenvalue weighted by Crippen LogP contribution is -2.61. The van der Waals surface area contributed by atoms with Crippen LogP contribution in [0.3, 0.4) is 0 Å². The van der Waals surface area contributed by atoms with Gasteiger partial charge in [-0.05, 0) is 61.4 Å². The largest absolute Gasteiger partial charge is 0.508 e. The van der Waals surface area contributed by atoms with E-state index in [0.717, 1.165) is 32.2 Å². The molecule has 26 heavy (non-hydrogen) atoms. The summed E-state index contributed by atoms with van der Waals surface area (Å²) in [5, 5.41) is 10.1. The molecule has 0 aromatic heterocycles. The quantitative estimate of drug-likeness (QED) is 0.903. The van der Waals surface area contributed by atoms with Crippen LogP contribution in [0.1, 0.15) is 43.2 Å². The molecule has 0 radical (unpaired) electrons. The van der Waals surface area contributed by atoms with Crippen molar-refractivity contribution in [2.24, 2.45) is 5.92 Å². The number of phenolic OH excluding ortho intramolecular Hbond substituents is 1. The molecular formula is C22H32N2O2. The predicted octanol–water partition coefficient (Wildman–Crippen LogP) is 2.78. The fourth-order valence-electron chi connectivity index (χ4n) is 6.44. The highest BCUT2D eigenvalue weighted by Gasteiger charge is 2.53. The summed E-state index contributed by atoms with van der Waals surface area (Å²) < 4.78 is 5.50. The molecule has 1 N–H and O–H groups in total. The van der Waals surface area contributed by atoms with Crippen molar-refractivity contribution in [1.29, 1.82) is 0 Å². The Morgan fingerprint density at radius 1 is 1.08 bits per heavy atom. The third-order valence-electron chi connectivity index (χ3n) is 7.74. The third kappa shape index (κ3) is 2.78. The van der Waals surface area contributed by atoms with Gasteiger partial charge in [-0.15, -0.1) is 0 Å². The second-order valence-electron chi connectivity index (χ2n) is 8.86. The molecule has 2 saturated heterocycles. The molecule has 3 fully saturated rings. The van der Waals surface area contributed by atoms with Crippen LogP contribution in [0.4, 0.5) is 0 Å². The van der Waals surface area contributed by atoms with Crippen molar-refractivity contribution < 1.29 is 9.84 Å². The van der Waals surface area contributed by atoms with E-state index in [0.29, 0.717) is 17.2 Å². The van der Waals surface area contributed by atoms with Gasteiger partial charge >= 0.3 is 0 Å². The van der Waals surface area contributed by atoms with Crippen LogP contribution < -0.4 is 0 Å². The maximum absolute atomic E-state index is 10.1. The molecule has 2 heterocycles. The first-order valence-electron chi connectivity index (χ1n) is 10.6. The number of phenols is 1. The van der Waals surface area contributed by atoms with Crippen LogP contribution in [-0.2, 0) is 16.6 Å². The zero-order valence-electron chi connectivity index (χ0n) is 15.8. The van der Waals surface area contributed by atoms with Crippen molar-refractivity contribution in [3.8, 4) is 5.75 Å². The average molecular weight is 357 g/mol. The highest BCUT2D eigenvalue weighted by molar-refractivity contribution is 5.45. The number of rotatable bonds is 3. The molecule has 5 rings (SSSR count). The van der Waals surface area contributed by atoms with Crippen molar-refractivity contribution in [3.05, 3.63) is 29.3 Å². The van der Waals surface area contributed by atoms with E-state index in [-0.39, 0.29) is 0 Å². The Balaban J connectivity index is 1.39. The van der Waals surface area contributed by atoms with E-state index in [1.165, 1.54) is 69.3 Å². The van der Waals surface area contributed by atoms with Gasteiger partial charge in [0.15, 0.2) is 0 Å². The molecule has 1 aromatic rings. The van der Waals surface area contributed by atoms with Crippen molar-refractivity contribution in [1.82, 2.24) is 9.80 Å². The Hall–Kier alpha value is -1.10. The number of fused-ring (bicyclic) bond motifs is 1. The van der Waals surface area contributed by atoms with Gasteiger partial charge in [-0.2, -0.15) is 0 Å². The van der Waals surface area contributed by atoms with Crippen LogP contribution >= 0.6 is 0 Å². The lowest BCUT2D eigenvalue weighted by molar-refractivity contribution is -0.0219. The molecular weight excluding hydrogens is 324 g/mol. The van der Waals surface area contributed by atoms with Crippen LogP contribution in [0, 0.1) is 5.92 Å². The van der Waals surface area contributed by atoms with Crippen molar-refractivity contribution >= 4 is 0 Å². The minimum absolute atomic E-state index is 0.338. The van der Waals surface area contributed by atoms with Gasteiger partial charge in [0, 0.05) is 37.6 Å². The number of likely N-dealkylation sites (tertiary alicyclic amines) is 1. The maximum atomic E-state index is 10.1. The van der Waals surface area contributed by atoms with Gasteiger partial charge < -0.3 is 9.84 Å². The van der Waals surface area contributed by atoms with E-state index >= 15 is 0 Å². The van der Waals surface area contributed by atoms with Crippen LogP contribution in [0.2, 0.25) is 0 Å². The molecule has 0 spiro atoms. The normalized spacial score (nSPS) is 34.9. The number of piperidine rings is 1. The lowest BCUT2D eigenvalue weighted by atomic mass is 9.52. The molecule has 0 amide bonds. The van der Waals surface area contributed by atoms with Crippen LogP contribution in [0.15, 0.2) is 18.2 Å². The summed E-state index contributed by atoms with van der Waals surface area (Å²) in [6.07, 6.45) is 7.87. The third-order valence-corrected chi connectivity index (χ3v) is 7.74. The van der Waals surface area contributed by atoms with Gasteiger partial charge in [-0.1, -0.05) is 18.9 Å². The Bertz CT molecular complexity index is 658. The molecule has 0 unspecified atom stereocenters. The lowest BCUT2D eigenvalue weighted by Gasteiger charge is -2.59. The topological polar surface area (TPSA) is 35.9 Å². The van der Waals surface area contributed by atoms with E-state index in [9.17, 15) is 5.11 Å². The van der Waals surface area contributed by atoms with Crippen LogP contribution in [-0.4, -0.2) is 66.9 Å². The Kier molecular flexibility index (Phi) is 4.46. The highest BCUT2D eigenvalue weighted by atomic mass is 16.5. The number of nitrogens with zero attached hydrogens (tertiary/aromatic N) is 2. The monoisotopic (exact) mass is 356 g/mol. The number of hydrogen-bond donors (Lipinski definition) is 1. The standard InChI is InChI=1S/C22H32N2O2/c25-18-5-4-17-15-21-19-3-1-2-6-22(19,20(17)16-18)7-8-24(21)10-9-23-11-13-26-14-12-23/h4-5,16,19,21,25H,1-3,6-15H2/t19-,21+,22-/m0/s1. The molecule has 4 aliphatic rings. The van der Waals surface area contributed by atoms with Crippen molar-refractivity contribution in [3.63, 3.8) is 0 Å². The Morgan fingerprint density at radius 3 is 2.85 bits per heavy atom. The van der Waals surface area contributed by atoms with E-state index in [4.69, 9.17) is 4.74 Å². The van der Waals surface area contributed by atoms with Crippen molar-refractivity contribution in [2.75, 3.05) is 45.9 Å². The summed E-state index contributed by atoms with van der Waals surface area (Å²) in [6.45, 7) is 7.58. The second-order valence-corrected chi connectivity index (χ2v) is 8.86. The minimum Gasteiger partial charge on any atom is -0.508 e. The van der Waals surface area contributed by atoms with Gasteiger partial charge in [0.1, 0.15) is 5.75 Å². The molecule has 4 heteroatoms. The van der Waals surface area contributed by atoms with E-state index in [2.05, 4.69) is 21.9 Å². The van der Waals surface area contributed by atoms with Gasteiger partial charge in [-0.3, -0.25) is 9.80 Å². The highest BCUT2D eigenvalue weighted by Crippen LogP contribution is 2.56. The molecule has 1 saturated carbocycles. The first-order chi connectivity index (χ1) is 12.8. The minimum atomic E-state index is 0.338. The summed E-state index contributed by atoms with van der Waals surface area (Å²) in [7, 11) is 0. The predicted molar refractivity (Wildman–Crippen MR) is 103 cm³/mol. The number of aromatic hydroxyl groups is 1. The van der Waals surface area contributed by atoms with E-state index < -0.39 is 0 Å². The summed E-state index contributed by atoms with van der Waals surface area (Å²) in [6, 6.07) is 6.90. The van der Waals surface area contributed by atoms with Crippen LogP contribution in [0.25, 0.3) is 0 Å². The number of benzene rings is 1. The molecule has 4 nitrogen and oxygen atoms in total. The van der Waals surface area contributed by atoms with Gasteiger partial charge in [0.25, 0.3) is 0 Å². The molecule has 1 aromatic carbocycles. The Morgan fingerprint density at radius 2 is 1.96 bits per heavy atom. The van der Waals surface area contributed by atoms with Crippen molar-refractivity contribution in [2.45, 2.75) is 50.0 Å². The molecule has 2 aliphatic carbocycles. The summed E-state index contributed by atoms with van der Waals surface area (Å²) in [5.74, 6) is 1.24. The first-order valence-corrected chi connectivity index (χ1v) is 10.6. The van der Waals surface area contributed by atoms with Crippen LogP contribution in [0.5, 0.6) is 5.75 Å². The van der Waals surface area contributed by atoms with Gasteiger partial charge in [0.05, 0.1) is 13.2 Å². The fraction of sp³-hybridized carbons (Fsp3) is 0.727. The van der Waals surface area contributed by atoms with E-state index in [1.807, 2.05) is 6.07 Å².